The van der Waals surface area contributed by atoms with Gasteiger partial charge in [0, 0.05) is 12.5 Å². The van der Waals surface area contributed by atoms with Gasteiger partial charge in [-0.25, -0.2) is 0 Å². The van der Waals surface area contributed by atoms with Crippen LogP contribution in [0, 0.1) is 5.92 Å². The normalized spacial score (nSPS) is 18.0. The minimum Gasteiger partial charge on any atom is -0.467 e. The zero-order chi connectivity index (χ0) is 21.1. The fourth-order valence-corrected chi connectivity index (χ4v) is 4.08. The molecule has 0 saturated heterocycles. The Bertz CT molecular complexity index is 1090. The first-order valence-electron chi connectivity index (χ1n) is 9.73. The van der Waals surface area contributed by atoms with Crippen LogP contribution in [0.15, 0.2) is 77.4 Å². The largest absolute Gasteiger partial charge is 0.467 e. The number of benzene rings is 2. The van der Waals surface area contributed by atoms with Gasteiger partial charge in [-0.05, 0) is 47.7 Å². The number of amides is 1. The zero-order valence-electron chi connectivity index (χ0n) is 16.6. The highest BCUT2D eigenvalue weighted by Gasteiger charge is 2.45. The molecule has 7 heteroatoms. The van der Waals surface area contributed by atoms with Crippen molar-refractivity contribution in [2.45, 2.75) is 25.4 Å². The predicted molar refractivity (Wildman–Crippen MR) is 112 cm³/mol. The molecule has 1 fully saturated rings. The molecule has 1 aliphatic rings. The van der Waals surface area contributed by atoms with E-state index in [2.05, 4.69) is 12.1 Å². The SMILES string of the molecule is CS(=O)(=O)Oc1ccc(CN(Cc2ccco2)C(=O)C2CC2c2ccccc2)cc1. The van der Waals surface area contributed by atoms with Gasteiger partial charge < -0.3 is 13.5 Å². The summed E-state index contributed by atoms with van der Waals surface area (Å²) in [5.74, 6) is 1.28. The lowest BCUT2D eigenvalue weighted by Gasteiger charge is -2.22. The molecule has 1 aromatic heterocycles. The Morgan fingerprint density at radius 3 is 2.40 bits per heavy atom. The Kier molecular flexibility index (Phi) is 5.63. The van der Waals surface area contributed by atoms with Gasteiger partial charge in [0.15, 0.2) is 0 Å². The van der Waals surface area contributed by atoms with Gasteiger partial charge in [-0.1, -0.05) is 42.5 Å². The first kappa shape index (κ1) is 20.2. The number of carbonyl (C=O) groups is 1. The summed E-state index contributed by atoms with van der Waals surface area (Å²) < 4.78 is 32.9. The molecule has 3 aromatic rings. The Hall–Kier alpha value is -3.06. The van der Waals surface area contributed by atoms with Crippen molar-refractivity contribution in [3.8, 4) is 5.75 Å². The van der Waals surface area contributed by atoms with Crippen LogP contribution in [-0.4, -0.2) is 25.5 Å². The maximum atomic E-state index is 13.3. The van der Waals surface area contributed by atoms with Crippen molar-refractivity contribution in [2.75, 3.05) is 6.26 Å². The van der Waals surface area contributed by atoms with E-state index in [1.165, 1.54) is 5.56 Å². The molecule has 2 atom stereocenters. The Labute approximate surface area is 176 Å². The summed E-state index contributed by atoms with van der Waals surface area (Å²) in [7, 11) is -3.57. The molecule has 0 aliphatic heterocycles. The molecule has 0 bridgehead atoms. The molecule has 156 valence electrons. The van der Waals surface area contributed by atoms with Crippen molar-refractivity contribution < 1.29 is 21.8 Å². The Balaban J connectivity index is 1.48. The smallest absolute Gasteiger partial charge is 0.306 e. The van der Waals surface area contributed by atoms with Crippen LogP contribution in [0.2, 0.25) is 0 Å². The fourth-order valence-electron chi connectivity index (χ4n) is 3.62. The van der Waals surface area contributed by atoms with E-state index in [0.29, 0.717) is 13.1 Å². The Morgan fingerprint density at radius 2 is 1.77 bits per heavy atom. The minimum atomic E-state index is -3.57. The van der Waals surface area contributed by atoms with Crippen molar-refractivity contribution in [1.82, 2.24) is 4.90 Å². The van der Waals surface area contributed by atoms with Gasteiger partial charge >= 0.3 is 10.1 Å². The van der Waals surface area contributed by atoms with Crippen LogP contribution in [-0.2, 0) is 28.0 Å². The van der Waals surface area contributed by atoms with Crippen molar-refractivity contribution >= 4 is 16.0 Å². The minimum absolute atomic E-state index is 0.0322. The van der Waals surface area contributed by atoms with Gasteiger partial charge in [0.05, 0.1) is 19.1 Å². The number of hydrogen-bond acceptors (Lipinski definition) is 5. The van der Waals surface area contributed by atoms with E-state index in [0.717, 1.165) is 24.0 Å². The van der Waals surface area contributed by atoms with E-state index in [9.17, 15) is 13.2 Å². The molecule has 6 nitrogen and oxygen atoms in total. The zero-order valence-corrected chi connectivity index (χ0v) is 17.4. The molecule has 0 radical (unpaired) electrons. The lowest BCUT2D eigenvalue weighted by Crippen LogP contribution is -2.31. The van der Waals surface area contributed by atoms with Gasteiger partial charge in [0.25, 0.3) is 0 Å². The second-order valence-electron chi connectivity index (χ2n) is 7.56. The lowest BCUT2D eigenvalue weighted by atomic mass is 10.1. The monoisotopic (exact) mass is 425 g/mol. The number of hydrogen-bond donors (Lipinski definition) is 0. The quantitative estimate of drug-likeness (QED) is 0.511. The van der Waals surface area contributed by atoms with E-state index >= 15 is 0 Å². The standard InChI is InChI=1S/C23H23NO5S/c1-30(26,27)29-19-11-9-17(10-12-19)15-24(16-20-8-5-13-28-20)23(25)22-14-21(22)18-6-3-2-4-7-18/h2-13,21-22H,14-16H2,1H3. The van der Waals surface area contributed by atoms with Gasteiger partial charge in [-0.2, -0.15) is 8.42 Å². The van der Waals surface area contributed by atoms with Crippen LogP contribution in [0.4, 0.5) is 0 Å². The van der Waals surface area contributed by atoms with Crippen molar-refractivity contribution in [2.24, 2.45) is 5.92 Å². The molecule has 1 amide bonds. The molecule has 2 aromatic carbocycles. The summed E-state index contributed by atoms with van der Waals surface area (Å²) in [6.45, 7) is 0.780. The van der Waals surface area contributed by atoms with E-state index in [1.807, 2.05) is 24.3 Å². The topological polar surface area (TPSA) is 76.8 Å². The van der Waals surface area contributed by atoms with Crippen LogP contribution in [0.1, 0.15) is 29.2 Å². The second-order valence-corrected chi connectivity index (χ2v) is 9.14. The third-order valence-corrected chi connectivity index (χ3v) is 5.61. The molecular weight excluding hydrogens is 402 g/mol. The maximum Gasteiger partial charge on any atom is 0.306 e. The average Bonchev–Trinajstić information content (AvgIpc) is 3.36. The summed E-state index contributed by atoms with van der Waals surface area (Å²) in [6.07, 6.45) is 3.45. The number of furan rings is 1. The summed E-state index contributed by atoms with van der Waals surface area (Å²) >= 11 is 0. The number of nitrogens with zero attached hydrogens (tertiary/aromatic N) is 1. The highest BCUT2D eigenvalue weighted by Crippen LogP contribution is 2.48. The molecule has 0 spiro atoms. The molecule has 4 rings (SSSR count). The van der Waals surface area contributed by atoms with Crippen LogP contribution in [0.25, 0.3) is 0 Å². The predicted octanol–water partition coefficient (Wildman–Crippen LogP) is 3.95. The summed E-state index contributed by atoms with van der Waals surface area (Å²) in [5, 5.41) is 0. The number of carbonyl (C=O) groups excluding carboxylic acids is 1. The van der Waals surface area contributed by atoms with Crippen LogP contribution in [0.3, 0.4) is 0 Å². The van der Waals surface area contributed by atoms with Crippen molar-refractivity contribution in [3.05, 3.63) is 89.9 Å². The third kappa shape index (κ3) is 5.10. The first-order valence-corrected chi connectivity index (χ1v) is 11.6. The third-order valence-electron chi connectivity index (χ3n) is 5.12. The van der Waals surface area contributed by atoms with E-state index < -0.39 is 10.1 Å². The van der Waals surface area contributed by atoms with E-state index in [4.69, 9.17) is 8.60 Å². The van der Waals surface area contributed by atoms with Crippen molar-refractivity contribution in [3.63, 3.8) is 0 Å². The summed E-state index contributed by atoms with van der Waals surface area (Å²) in [5.41, 5.74) is 2.07. The van der Waals surface area contributed by atoms with E-state index in [-0.39, 0.29) is 23.5 Å². The van der Waals surface area contributed by atoms with E-state index in [1.54, 1.807) is 41.5 Å². The van der Waals surface area contributed by atoms with Crippen LogP contribution >= 0.6 is 0 Å². The summed E-state index contributed by atoms with van der Waals surface area (Å²) in [4.78, 5) is 15.0. The molecule has 1 aliphatic carbocycles. The van der Waals surface area contributed by atoms with Gasteiger partial charge in [0.2, 0.25) is 5.91 Å². The fraction of sp³-hybridized carbons (Fsp3) is 0.261. The average molecular weight is 426 g/mol. The molecule has 2 unspecified atom stereocenters. The lowest BCUT2D eigenvalue weighted by molar-refractivity contribution is -0.134. The molecular formula is C23H23NO5S. The Morgan fingerprint density at radius 1 is 1.03 bits per heavy atom. The summed E-state index contributed by atoms with van der Waals surface area (Å²) in [6, 6.07) is 20.5. The van der Waals surface area contributed by atoms with Gasteiger partial charge in [0.1, 0.15) is 11.5 Å². The molecule has 30 heavy (non-hydrogen) atoms. The molecule has 1 saturated carbocycles. The second kappa shape index (κ2) is 8.36. The first-order chi connectivity index (χ1) is 14.4. The van der Waals surface area contributed by atoms with Crippen LogP contribution in [0.5, 0.6) is 5.75 Å². The number of rotatable bonds is 8. The highest BCUT2D eigenvalue weighted by atomic mass is 32.2. The van der Waals surface area contributed by atoms with Crippen molar-refractivity contribution in [1.29, 1.82) is 0 Å². The van der Waals surface area contributed by atoms with Crippen LogP contribution < -0.4 is 4.18 Å². The van der Waals surface area contributed by atoms with Gasteiger partial charge in [-0.3, -0.25) is 4.79 Å². The van der Waals surface area contributed by atoms with Gasteiger partial charge in [-0.15, -0.1) is 0 Å². The molecule has 0 N–H and O–H groups in total. The molecule has 1 heterocycles. The highest BCUT2D eigenvalue weighted by molar-refractivity contribution is 7.86. The maximum absolute atomic E-state index is 13.3.